The lowest BCUT2D eigenvalue weighted by Gasteiger charge is -2.14. The molecule has 20 heavy (non-hydrogen) atoms. The molecule has 0 unspecified atom stereocenters. The summed E-state index contributed by atoms with van der Waals surface area (Å²) in [6.45, 7) is 3.97. The molecule has 1 aromatic carbocycles. The highest BCUT2D eigenvalue weighted by atomic mass is 19.1. The molecule has 1 aliphatic rings. The van der Waals surface area contributed by atoms with Gasteiger partial charge in [0.25, 0.3) is 0 Å². The first-order chi connectivity index (χ1) is 9.66. The van der Waals surface area contributed by atoms with E-state index in [-0.39, 0.29) is 17.8 Å². The van der Waals surface area contributed by atoms with Gasteiger partial charge in [0.15, 0.2) is 0 Å². The van der Waals surface area contributed by atoms with E-state index in [9.17, 15) is 9.18 Å². The van der Waals surface area contributed by atoms with Crippen LogP contribution < -0.4 is 10.6 Å². The molecule has 0 aliphatic carbocycles. The number of nitrogens with one attached hydrogen (secondary N) is 2. The molecule has 5 heteroatoms. The van der Waals surface area contributed by atoms with Gasteiger partial charge in [-0.05, 0) is 37.0 Å². The number of carbonyl (C=O) groups excluding carboxylic acids is 1. The summed E-state index contributed by atoms with van der Waals surface area (Å²) in [5.74, 6) is 0.0110. The van der Waals surface area contributed by atoms with Crippen LogP contribution in [0.2, 0.25) is 0 Å². The Bertz CT molecular complexity index is 453. The van der Waals surface area contributed by atoms with Crippen LogP contribution in [0.15, 0.2) is 24.3 Å². The Balaban J connectivity index is 1.61. The van der Waals surface area contributed by atoms with Gasteiger partial charge in [-0.3, -0.25) is 4.79 Å². The Morgan fingerprint density at radius 3 is 3.00 bits per heavy atom. The summed E-state index contributed by atoms with van der Waals surface area (Å²) >= 11 is 0. The molecule has 2 atom stereocenters. The topological polar surface area (TPSA) is 50.4 Å². The predicted molar refractivity (Wildman–Crippen MR) is 76.0 cm³/mol. The summed E-state index contributed by atoms with van der Waals surface area (Å²) in [6, 6.07) is 6.34. The Hall–Kier alpha value is -1.62. The average Bonchev–Trinajstić information content (AvgIpc) is 2.84. The Labute approximate surface area is 118 Å². The summed E-state index contributed by atoms with van der Waals surface area (Å²) in [7, 11) is 0. The number of benzene rings is 1. The van der Waals surface area contributed by atoms with E-state index in [0.717, 1.165) is 18.5 Å². The second-order valence-corrected chi connectivity index (χ2v) is 5.14. The highest BCUT2D eigenvalue weighted by Gasteiger charge is 2.30. The van der Waals surface area contributed by atoms with Crippen molar-refractivity contribution in [3.05, 3.63) is 30.1 Å². The normalized spacial score (nSPS) is 21.7. The van der Waals surface area contributed by atoms with Crippen molar-refractivity contribution in [3.8, 4) is 0 Å². The molecule has 1 amide bonds. The van der Waals surface area contributed by atoms with Gasteiger partial charge in [0.2, 0.25) is 5.91 Å². The lowest BCUT2D eigenvalue weighted by atomic mass is 10.0. The molecule has 1 aliphatic heterocycles. The van der Waals surface area contributed by atoms with Crippen LogP contribution in [0, 0.1) is 11.7 Å². The second-order valence-electron chi connectivity index (χ2n) is 5.14. The fraction of sp³-hybridized carbons (Fsp3) is 0.533. The van der Waals surface area contributed by atoms with Crippen LogP contribution in [0.25, 0.3) is 0 Å². The smallest absolute Gasteiger partial charge is 0.249 e. The van der Waals surface area contributed by atoms with Gasteiger partial charge in [0.1, 0.15) is 11.9 Å². The number of hydrogen-bond acceptors (Lipinski definition) is 3. The molecule has 1 heterocycles. The van der Waals surface area contributed by atoms with Crippen molar-refractivity contribution < 1.29 is 13.9 Å². The molecule has 0 saturated carbocycles. The van der Waals surface area contributed by atoms with E-state index in [0.29, 0.717) is 25.6 Å². The fourth-order valence-corrected chi connectivity index (χ4v) is 2.26. The summed E-state index contributed by atoms with van der Waals surface area (Å²) in [5, 5.41) is 5.99. The average molecular weight is 280 g/mol. The van der Waals surface area contributed by atoms with Crippen LogP contribution >= 0.6 is 0 Å². The molecule has 1 fully saturated rings. The molecule has 0 spiro atoms. The van der Waals surface area contributed by atoms with Crippen LogP contribution in [0.4, 0.5) is 10.1 Å². The number of carbonyl (C=O) groups is 1. The molecule has 0 aromatic heterocycles. The Kier molecular flexibility index (Phi) is 5.35. The molecule has 110 valence electrons. The predicted octanol–water partition coefficient (Wildman–Crippen LogP) is 2.17. The van der Waals surface area contributed by atoms with Crippen LogP contribution in [0.1, 0.15) is 19.8 Å². The molecule has 2 rings (SSSR count). The number of hydrogen-bond donors (Lipinski definition) is 2. The van der Waals surface area contributed by atoms with E-state index in [2.05, 4.69) is 10.6 Å². The van der Waals surface area contributed by atoms with Crippen molar-refractivity contribution in [1.29, 1.82) is 0 Å². The monoisotopic (exact) mass is 280 g/mol. The molecule has 0 bridgehead atoms. The van der Waals surface area contributed by atoms with Crippen molar-refractivity contribution in [1.82, 2.24) is 5.32 Å². The number of amides is 1. The van der Waals surface area contributed by atoms with Crippen molar-refractivity contribution in [3.63, 3.8) is 0 Å². The van der Waals surface area contributed by atoms with Gasteiger partial charge in [0.05, 0.1) is 0 Å². The Morgan fingerprint density at radius 1 is 1.45 bits per heavy atom. The van der Waals surface area contributed by atoms with Crippen LogP contribution in [-0.2, 0) is 9.53 Å². The van der Waals surface area contributed by atoms with Gasteiger partial charge in [-0.25, -0.2) is 4.39 Å². The molecular formula is C15H21FN2O2. The third kappa shape index (κ3) is 4.20. The van der Waals surface area contributed by atoms with Crippen molar-refractivity contribution in [2.45, 2.75) is 25.9 Å². The van der Waals surface area contributed by atoms with E-state index in [1.54, 1.807) is 6.07 Å². The van der Waals surface area contributed by atoms with Crippen LogP contribution in [0.3, 0.4) is 0 Å². The Morgan fingerprint density at radius 2 is 2.30 bits per heavy atom. The standard InChI is InChI=1S/C15H21FN2O2/c1-11-6-9-20-14(11)15(19)18-8-3-7-17-13-5-2-4-12(16)10-13/h2,4-5,10-11,14,17H,3,6-9H2,1H3,(H,18,19)/t11-,14+/m0/s1. The van der Waals surface area contributed by atoms with Crippen molar-refractivity contribution >= 4 is 11.6 Å². The maximum Gasteiger partial charge on any atom is 0.249 e. The molecule has 1 aromatic rings. The minimum Gasteiger partial charge on any atom is -0.385 e. The molecular weight excluding hydrogens is 259 g/mol. The fourth-order valence-electron chi connectivity index (χ4n) is 2.26. The lowest BCUT2D eigenvalue weighted by molar-refractivity contribution is -0.131. The summed E-state index contributed by atoms with van der Waals surface area (Å²) in [4.78, 5) is 11.8. The first-order valence-corrected chi connectivity index (χ1v) is 7.05. The largest absolute Gasteiger partial charge is 0.385 e. The number of halogens is 1. The molecule has 1 saturated heterocycles. The zero-order valence-electron chi connectivity index (χ0n) is 11.7. The zero-order chi connectivity index (χ0) is 14.4. The van der Waals surface area contributed by atoms with Gasteiger partial charge in [-0.2, -0.15) is 0 Å². The maximum absolute atomic E-state index is 12.9. The molecule has 4 nitrogen and oxygen atoms in total. The quantitative estimate of drug-likeness (QED) is 0.785. The van der Waals surface area contributed by atoms with Gasteiger partial charge in [-0.1, -0.05) is 13.0 Å². The first kappa shape index (κ1) is 14.8. The van der Waals surface area contributed by atoms with Gasteiger partial charge in [0, 0.05) is 25.4 Å². The first-order valence-electron chi connectivity index (χ1n) is 7.05. The van der Waals surface area contributed by atoms with Gasteiger partial charge in [-0.15, -0.1) is 0 Å². The maximum atomic E-state index is 12.9. The van der Waals surface area contributed by atoms with E-state index in [1.807, 2.05) is 13.0 Å². The van der Waals surface area contributed by atoms with E-state index < -0.39 is 0 Å². The number of anilines is 1. The molecule has 2 N–H and O–H groups in total. The second kappa shape index (κ2) is 7.24. The van der Waals surface area contributed by atoms with Crippen LogP contribution in [-0.4, -0.2) is 31.7 Å². The highest BCUT2D eigenvalue weighted by molar-refractivity contribution is 5.81. The molecule has 0 radical (unpaired) electrons. The summed E-state index contributed by atoms with van der Waals surface area (Å²) < 4.78 is 18.3. The van der Waals surface area contributed by atoms with Gasteiger partial charge >= 0.3 is 0 Å². The van der Waals surface area contributed by atoms with Crippen molar-refractivity contribution in [2.75, 3.05) is 25.0 Å². The van der Waals surface area contributed by atoms with E-state index >= 15 is 0 Å². The number of rotatable bonds is 6. The van der Waals surface area contributed by atoms with Gasteiger partial charge < -0.3 is 15.4 Å². The SMILES string of the molecule is C[C@H]1CCO[C@H]1C(=O)NCCCNc1cccc(F)c1. The minimum absolute atomic E-state index is 0.0271. The third-order valence-corrected chi connectivity index (χ3v) is 3.45. The van der Waals surface area contributed by atoms with Crippen molar-refractivity contribution in [2.24, 2.45) is 5.92 Å². The lowest BCUT2D eigenvalue weighted by Crippen LogP contribution is -2.38. The third-order valence-electron chi connectivity index (χ3n) is 3.45. The highest BCUT2D eigenvalue weighted by Crippen LogP contribution is 2.19. The number of ether oxygens (including phenoxy) is 1. The minimum atomic E-state index is -0.300. The van der Waals surface area contributed by atoms with E-state index in [4.69, 9.17) is 4.74 Å². The summed E-state index contributed by atoms with van der Waals surface area (Å²) in [5.41, 5.74) is 0.754. The zero-order valence-corrected chi connectivity index (χ0v) is 11.7. The summed E-state index contributed by atoms with van der Waals surface area (Å²) in [6.07, 6.45) is 1.42. The van der Waals surface area contributed by atoms with E-state index in [1.165, 1.54) is 12.1 Å². The van der Waals surface area contributed by atoms with Crippen LogP contribution in [0.5, 0.6) is 0 Å².